The van der Waals surface area contributed by atoms with Gasteiger partial charge < -0.3 is 5.32 Å². The second-order valence-corrected chi connectivity index (χ2v) is 8.35. The standard InChI is InChI=1S/C14H19N3O2S2/c1-10-11(2)20-14(16-10)9-15-12-5-7-13(8-6-12)21(18,19)17(3)4/h5-8,15H,9H2,1-4H3. The maximum atomic E-state index is 12.0. The van der Waals surface area contributed by atoms with Gasteiger partial charge in [-0.1, -0.05) is 0 Å². The lowest BCUT2D eigenvalue weighted by atomic mass is 10.3. The van der Waals surface area contributed by atoms with Gasteiger partial charge in [-0.25, -0.2) is 17.7 Å². The Morgan fingerprint density at radius 1 is 1.19 bits per heavy atom. The molecule has 1 aromatic carbocycles. The molecule has 114 valence electrons. The molecular weight excluding hydrogens is 306 g/mol. The Morgan fingerprint density at radius 3 is 2.29 bits per heavy atom. The zero-order valence-electron chi connectivity index (χ0n) is 12.5. The van der Waals surface area contributed by atoms with E-state index in [1.54, 1.807) is 35.6 Å². The Bertz CT molecular complexity index is 700. The Kier molecular flexibility index (Phi) is 4.65. The van der Waals surface area contributed by atoms with Crippen LogP contribution >= 0.6 is 11.3 Å². The number of hydrogen-bond donors (Lipinski definition) is 1. The molecule has 7 heteroatoms. The van der Waals surface area contributed by atoms with Crippen molar-refractivity contribution in [3.63, 3.8) is 0 Å². The van der Waals surface area contributed by atoms with Crippen LogP contribution in [0.2, 0.25) is 0 Å². The number of sulfonamides is 1. The molecule has 1 heterocycles. The maximum absolute atomic E-state index is 12.0. The van der Waals surface area contributed by atoms with Gasteiger partial charge in [0.05, 0.1) is 17.1 Å². The molecule has 1 aromatic heterocycles. The van der Waals surface area contributed by atoms with E-state index in [1.807, 2.05) is 6.92 Å². The van der Waals surface area contributed by atoms with Crippen molar-refractivity contribution in [1.82, 2.24) is 9.29 Å². The normalized spacial score (nSPS) is 11.9. The van der Waals surface area contributed by atoms with Crippen molar-refractivity contribution < 1.29 is 8.42 Å². The minimum Gasteiger partial charge on any atom is -0.379 e. The number of nitrogens with one attached hydrogen (secondary N) is 1. The van der Waals surface area contributed by atoms with Gasteiger partial charge in [-0.05, 0) is 38.1 Å². The van der Waals surface area contributed by atoms with Gasteiger partial charge in [0.2, 0.25) is 10.0 Å². The predicted molar refractivity (Wildman–Crippen MR) is 86.2 cm³/mol. The van der Waals surface area contributed by atoms with Crippen LogP contribution in [0.25, 0.3) is 0 Å². The maximum Gasteiger partial charge on any atom is 0.242 e. The number of nitrogens with zero attached hydrogens (tertiary/aromatic N) is 2. The highest BCUT2D eigenvalue weighted by atomic mass is 32.2. The first-order valence-corrected chi connectivity index (χ1v) is 8.75. The fourth-order valence-electron chi connectivity index (χ4n) is 1.75. The van der Waals surface area contributed by atoms with Crippen molar-refractivity contribution in [3.05, 3.63) is 39.8 Å². The van der Waals surface area contributed by atoms with Crippen LogP contribution in [0.5, 0.6) is 0 Å². The number of anilines is 1. The highest BCUT2D eigenvalue weighted by Crippen LogP contribution is 2.19. The predicted octanol–water partition coefficient (Wildman–Crippen LogP) is 2.62. The molecule has 0 spiro atoms. The molecule has 0 aliphatic heterocycles. The van der Waals surface area contributed by atoms with Gasteiger partial charge in [0.15, 0.2) is 0 Å². The Morgan fingerprint density at radius 2 is 1.81 bits per heavy atom. The summed E-state index contributed by atoms with van der Waals surface area (Å²) in [5.41, 5.74) is 1.93. The number of aryl methyl sites for hydroxylation is 2. The lowest BCUT2D eigenvalue weighted by Gasteiger charge is -2.12. The topological polar surface area (TPSA) is 62.3 Å². The zero-order chi connectivity index (χ0) is 15.6. The first-order chi connectivity index (χ1) is 9.80. The molecule has 0 fully saturated rings. The molecule has 0 unspecified atom stereocenters. The lowest BCUT2D eigenvalue weighted by Crippen LogP contribution is -2.22. The van der Waals surface area contributed by atoms with Gasteiger partial charge in [-0.3, -0.25) is 0 Å². The Labute approximate surface area is 129 Å². The summed E-state index contributed by atoms with van der Waals surface area (Å²) in [4.78, 5) is 5.97. The number of aromatic nitrogens is 1. The van der Waals surface area contributed by atoms with E-state index in [9.17, 15) is 8.42 Å². The molecule has 0 saturated carbocycles. The van der Waals surface area contributed by atoms with Crippen LogP contribution < -0.4 is 5.32 Å². The molecule has 0 radical (unpaired) electrons. The molecule has 0 aliphatic rings. The zero-order valence-corrected chi connectivity index (χ0v) is 14.2. The van der Waals surface area contributed by atoms with E-state index in [2.05, 4.69) is 17.2 Å². The summed E-state index contributed by atoms with van der Waals surface area (Å²) in [6, 6.07) is 6.75. The van der Waals surface area contributed by atoms with Gasteiger partial charge >= 0.3 is 0 Å². The average molecular weight is 325 g/mol. The molecule has 0 aliphatic carbocycles. The van der Waals surface area contributed by atoms with Gasteiger partial charge in [-0.15, -0.1) is 11.3 Å². The molecule has 21 heavy (non-hydrogen) atoms. The van der Waals surface area contributed by atoms with Gasteiger partial charge in [0, 0.05) is 24.7 Å². The molecule has 0 atom stereocenters. The van der Waals surface area contributed by atoms with E-state index in [1.165, 1.54) is 23.3 Å². The molecule has 1 N–H and O–H groups in total. The highest BCUT2D eigenvalue weighted by molar-refractivity contribution is 7.89. The second kappa shape index (κ2) is 6.13. The van der Waals surface area contributed by atoms with E-state index in [0.29, 0.717) is 11.4 Å². The van der Waals surface area contributed by atoms with E-state index in [0.717, 1.165) is 16.4 Å². The van der Waals surface area contributed by atoms with Crippen molar-refractivity contribution in [2.45, 2.75) is 25.3 Å². The third-order valence-electron chi connectivity index (χ3n) is 3.15. The smallest absolute Gasteiger partial charge is 0.242 e. The summed E-state index contributed by atoms with van der Waals surface area (Å²) in [5.74, 6) is 0. The molecule has 5 nitrogen and oxygen atoms in total. The summed E-state index contributed by atoms with van der Waals surface area (Å²) in [6.07, 6.45) is 0. The van der Waals surface area contributed by atoms with Gasteiger partial charge in [0.1, 0.15) is 5.01 Å². The summed E-state index contributed by atoms with van der Waals surface area (Å²) in [6.45, 7) is 4.69. The number of benzene rings is 1. The first kappa shape index (κ1) is 15.9. The van der Waals surface area contributed by atoms with Gasteiger partial charge in [-0.2, -0.15) is 0 Å². The third kappa shape index (κ3) is 3.61. The van der Waals surface area contributed by atoms with Crippen molar-refractivity contribution >= 4 is 27.0 Å². The molecule has 2 rings (SSSR count). The van der Waals surface area contributed by atoms with Crippen LogP contribution in [-0.2, 0) is 16.6 Å². The minimum atomic E-state index is -3.37. The van der Waals surface area contributed by atoms with Crippen molar-refractivity contribution in [1.29, 1.82) is 0 Å². The summed E-state index contributed by atoms with van der Waals surface area (Å²) in [7, 11) is -0.323. The first-order valence-electron chi connectivity index (χ1n) is 6.50. The van der Waals surface area contributed by atoms with Crippen LogP contribution in [0.4, 0.5) is 5.69 Å². The fourth-order valence-corrected chi connectivity index (χ4v) is 3.52. The monoisotopic (exact) mass is 325 g/mol. The van der Waals surface area contributed by atoms with Crippen LogP contribution in [0, 0.1) is 13.8 Å². The van der Waals surface area contributed by atoms with E-state index >= 15 is 0 Å². The van der Waals surface area contributed by atoms with Crippen LogP contribution in [0.1, 0.15) is 15.6 Å². The molecular formula is C14H19N3O2S2. The average Bonchev–Trinajstić information content (AvgIpc) is 2.76. The van der Waals surface area contributed by atoms with E-state index in [4.69, 9.17) is 0 Å². The highest BCUT2D eigenvalue weighted by Gasteiger charge is 2.16. The SMILES string of the molecule is Cc1nc(CNc2ccc(S(=O)(=O)N(C)C)cc2)sc1C. The number of thiazole rings is 1. The summed E-state index contributed by atoms with van der Waals surface area (Å²) in [5, 5.41) is 4.27. The quantitative estimate of drug-likeness (QED) is 0.918. The minimum absolute atomic E-state index is 0.291. The van der Waals surface area contributed by atoms with Crippen LogP contribution in [-0.4, -0.2) is 31.8 Å². The molecule has 0 saturated heterocycles. The molecule has 2 aromatic rings. The Balaban J connectivity index is 2.06. The molecule has 0 bridgehead atoms. The van der Waals surface area contributed by atoms with Gasteiger partial charge in [0.25, 0.3) is 0 Å². The van der Waals surface area contributed by atoms with Crippen molar-refractivity contribution in [2.75, 3.05) is 19.4 Å². The van der Waals surface area contributed by atoms with E-state index in [-0.39, 0.29) is 0 Å². The molecule has 0 amide bonds. The summed E-state index contributed by atoms with van der Waals surface area (Å²) < 4.78 is 25.1. The number of rotatable bonds is 5. The van der Waals surface area contributed by atoms with Crippen molar-refractivity contribution in [3.8, 4) is 0 Å². The lowest BCUT2D eigenvalue weighted by molar-refractivity contribution is 0.521. The third-order valence-corrected chi connectivity index (χ3v) is 6.05. The summed E-state index contributed by atoms with van der Waals surface area (Å²) >= 11 is 1.67. The fraction of sp³-hybridized carbons (Fsp3) is 0.357. The second-order valence-electron chi connectivity index (χ2n) is 4.91. The van der Waals surface area contributed by atoms with Crippen LogP contribution in [0.15, 0.2) is 29.2 Å². The van der Waals surface area contributed by atoms with E-state index < -0.39 is 10.0 Å². The Hall–Kier alpha value is -1.44. The number of hydrogen-bond acceptors (Lipinski definition) is 5. The van der Waals surface area contributed by atoms with Crippen LogP contribution in [0.3, 0.4) is 0 Å². The van der Waals surface area contributed by atoms with Crippen molar-refractivity contribution in [2.24, 2.45) is 0 Å². The largest absolute Gasteiger partial charge is 0.379 e.